The highest BCUT2D eigenvalue weighted by Gasteiger charge is 2.22. The van der Waals surface area contributed by atoms with Gasteiger partial charge in [0, 0.05) is 17.2 Å². The number of aromatic nitrogens is 2. The normalized spacial score (nSPS) is 11.0. The number of nitro benzene ring substituents is 1. The molecule has 0 spiro atoms. The third-order valence-corrected chi connectivity index (χ3v) is 3.54. The van der Waals surface area contributed by atoms with Crippen molar-refractivity contribution >= 4 is 28.4 Å². The number of fused-ring (bicyclic) bond motifs is 1. The molecule has 0 aliphatic rings. The number of hydrogen-bond donors (Lipinski definition) is 0. The summed E-state index contributed by atoms with van der Waals surface area (Å²) in [6.07, 6.45) is 0. The molecule has 0 unspecified atom stereocenters. The largest absolute Gasteiger partial charge is 0.403 e. The van der Waals surface area contributed by atoms with Crippen molar-refractivity contribution in [2.24, 2.45) is 0 Å². The molecule has 0 bridgehead atoms. The van der Waals surface area contributed by atoms with Crippen LogP contribution in [0.25, 0.3) is 16.8 Å². The van der Waals surface area contributed by atoms with Crippen molar-refractivity contribution in [1.29, 1.82) is 0 Å². The van der Waals surface area contributed by atoms with Crippen LogP contribution in [-0.2, 0) is 0 Å². The average molecular weight is 320 g/mol. The Labute approximate surface area is 128 Å². The molecule has 0 saturated heterocycles. The molecule has 112 valence electrons. The van der Waals surface area contributed by atoms with E-state index >= 15 is 0 Å². The van der Waals surface area contributed by atoms with Gasteiger partial charge < -0.3 is 4.42 Å². The topological polar surface area (TPSA) is 91.2 Å². The summed E-state index contributed by atoms with van der Waals surface area (Å²) < 4.78 is 6.44. The van der Waals surface area contributed by atoms with E-state index in [0.29, 0.717) is 21.7 Å². The van der Waals surface area contributed by atoms with Crippen LogP contribution in [-0.4, -0.2) is 14.7 Å². The molecule has 0 N–H and O–H groups in total. The first-order chi connectivity index (χ1) is 10.4. The Morgan fingerprint density at radius 3 is 2.73 bits per heavy atom. The maximum Gasteiger partial charge on any atom is 0.337 e. The predicted molar refractivity (Wildman–Crippen MR) is 80.7 cm³/mol. The van der Waals surface area contributed by atoms with Crippen LogP contribution in [0.1, 0.15) is 11.3 Å². The zero-order chi connectivity index (χ0) is 16.0. The van der Waals surface area contributed by atoms with Crippen LogP contribution in [0.5, 0.6) is 0 Å². The third-order valence-electron chi connectivity index (χ3n) is 3.31. The van der Waals surface area contributed by atoms with Gasteiger partial charge in [0.05, 0.1) is 16.0 Å². The second-order valence-electron chi connectivity index (χ2n) is 4.82. The molecule has 0 radical (unpaired) electrons. The molecule has 0 fully saturated rings. The minimum atomic E-state index is -0.546. The minimum absolute atomic E-state index is 0.143. The van der Waals surface area contributed by atoms with Gasteiger partial charge in [0.25, 0.3) is 5.69 Å². The zero-order valence-electron chi connectivity index (χ0n) is 11.7. The summed E-state index contributed by atoms with van der Waals surface area (Å²) in [7, 11) is 0. The second kappa shape index (κ2) is 4.96. The van der Waals surface area contributed by atoms with Gasteiger partial charge in [-0.2, -0.15) is 9.78 Å². The van der Waals surface area contributed by atoms with Gasteiger partial charge >= 0.3 is 5.63 Å². The summed E-state index contributed by atoms with van der Waals surface area (Å²) in [5.74, 6) is 0. The third kappa shape index (κ3) is 2.15. The predicted octanol–water partition coefficient (Wildman–Crippen LogP) is 3.16. The van der Waals surface area contributed by atoms with Crippen molar-refractivity contribution in [3.63, 3.8) is 0 Å². The monoisotopic (exact) mass is 319 g/mol. The maximum atomic E-state index is 11.6. The van der Waals surface area contributed by atoms with E-state index in [4.69, 9.17) is 16.0 Å². The number of benzene rings is 1. The van der Waals surface area contributed by atoms with E-state index in [1.165, 1.54) is 28.9 Å². The number of rotatable bonds is 2. The van der Waals surface area contributed by atoms with E-state index in [1.54, 1.807) is 13.8 Å². The van der Waals surface area contributed by atoms with Gasteiger partial charge in [-0.1, -0.05) is 11.6 Å². The van der Waals surface area contributed by atoms with Gasteiger partial charge in [0.2, 0.25) is 5.71 Å². The molecule has 3 aromatic rings. The Balaban J connectivity index is 2.44. The molecule has 2 heterocycles. The highest BCUT2D eigenvalue weighted by Crippen LogP contribution is 2.30. The number of nitrogens with zero attached hydrogens (tertiary/aromatic N) is 3. The fourth-order valence-corrected chi connectivity index (χ4v) is 2.58. The zero-order valence-corrected chi connectivity index (χ0v) is 12.4. The Kier molecular flexibility index (Phi) is 3.22. The Morgan fingerprint density at radius 2 is 2.05 bits per heavy atom. The van der Waals surface area contributed by atoms with E-state index in [-0.39, 0.29) is 17.1 Å². The van der Waals surface area contributed by atoms with Crippen LogP contribution in [0.3, 0.4) is 0 Å². The molecular weight excluding hydrogens is 310 g/mol. The molecule has 3 rings (SSSR count). The molecule has 0 aliphatic heterocycles. The van der Waals surface area contributed by atoms with Crippen molar-refractivity contribution in [3.05, 3.63) is 61.1 Å². The molecule has 2 aromatic heterocycles. The number of halogens is 1. The summed E-state index contributed by atoms with van der Waals surface area (Å²) in [6, 6.07) is 5.47. The molecule has 0 saturated carbocycles. The average Bonchev–Trinajstić information content (AvgIpc) is 2.75. The molecule has 0 amide bonds. The van der Waals surface area contributed by atoms with Gasteiger partial charge in [0.15, 0.2) is 0 Å². The van der Waals surface area contributed by atoms with Crippen LogP contribution in [0.2, 0.25) is 5.02 Å². The summed E-state index contributed by atoms with van der Waals surface area (Å²) >= 11 is 5.94. The van der Waals surface area contributed by atoms with E-state index in [1.807, 2.05) is 0 Å². The van der Waals surface area contributed by atoms with Crippen molar-refractivity contribution in [2.45, 2.75) is 13.8 Å². The first-order valence-corrected chi connectivity index (χ1v) is 6.70. The molecular formula is C14H10ClN3O4. The smallest absolute Gasteiger partial charge is 0.337 e. The first kappa shape index (κ1) is 14.3. The Morgan fingerprint density at radius 1 is 1.32 bits per heavy atom. The summed E-state index contributed by atoms with van der Waals surface area (Å²) in [6.45, 7) is 3.49. The lowest BCUT2D eigenvalue weighted by Gasteiger charge is -2.04. The second-order valence-corrected chi connectivity index (χ2v) is 5.25. The highest BCUT2D eigenvalue weighted by molar-refractivity contribution is 6.30. The van der Waals surface area contributed by atoms with Crippen LogP contribution < -0.4 is 5.63 Å². The standard InChI is InChI=1S/C14H10ClN3O4/c1-7-5-12(19)22-14-13(7)8(2)16-17(14)11-6-9(15)3-4-10(11)18(20)21/h3-6H,1-2H3. The highest BCUT2D eigenvalue weighted by atomic mass is 35.5. The number of hydrogen-bond acceptors (Lipinski definition) is 5. The quantitative estimate of drug-likeness (QED) is 0.534. The lowest BCUT2D eigenvalue weighted by atomic mass is 10.2. The Bertz CT molecular complexity index is 974. The van der Waals surface area contributed by atoms with Gasteiger partial charge in [0.1, 0.15) is 5.69 Å². The first-order valence-electron chi connectivity index (χ1n) is 6.33. The van der Waals surface area contributed by atoms with Gasteiger partial charge in [-0.25, -0.2) is 4.79 Å². The van der Waals surface area contributed by atoms with Crippen molar-refractivity contribution < 1.29 is 9.34 Å². The molecule has 8 heteroatoms. The fourth-order valence-electron chi connectivity index (χ4n) is 2.41. The molecule has 22 heavy (non-hydrogen) atoms. The maximum absolute atomic E-state index is 11.6. The van der Waals surface area contributed by atoms with Crippen LogP contribution in [0.15, 0.2) is 33.5 Å². The lowest BCUT2D eigenvalue weighted by Crippen LogP contribution is -2.04. The van der Waals surface area contributed by atoms with E-state index in [2.05, 4.69) is 5.10 Å². The van der Waals surface area contributed by atoms with Crippen molar-refractivity contribution in [2.75, 3.05) is 0 Å². The van der Waals surface area contributed by atoms with Crippen LogP contribution in [0.4, 0.5) is 5.69 Å². The minimum Gasteiger partial charge on any atom is -0.403 e. The van der Waals surface area contributed by atoms with Crippen molar-refractivity contribution in [1.82, 2.24) is 9.78 Å². The van der Waals surface area contributed by atoms with E-state index in [0.717, 1.165) is 0 Å². The number of aryl methyl sites for hydroxylation is 2. The van der Waals surface area contributed by atoms with Gasteiger partial charge in [-0.3, -0.25) is 10.1 Å². The van der Waals surface area contributed by atoms with Crippen LogP contribution >= 0.6 is 11.6 Å². The van der Waals surface area contributed by atoms with E-state index < -0.39 is 10.5 Å². The van der Waals surface area contributed by atoms with Gasteiger partial charge in [-0.05, 0) is 31.5 Å². The Hall–Kier alpha value is -2.67. The SMILES string of the molecule is Cc1cc(=O)oc2c1c(C)nn2-c1cc(Cl)ccc1[N+](=O)[O-]. The molecule has 1 aromatic carbocycles. The summed E-state index contributed by atoms with van der Waals surface area (Å²) in [5.41, 5.74) is 0.871. The van der Waals surface area contributed by atoms with Crippen molar-refractivity contribution in [3.8, 4) is 5.69 Å². The summed E-state index contributed by atoms with van der Waals surface area (Å²) in [5, 5.41) is 16.4. The lowest BCUT2D eigenvalue weighted by molar-refractivity contribution is -0.384. The molecule has 0 atom stereocenters. The fraction of sp³-hybridized carbons (Fsp3) is 0.143. The van der Waals surface area contributed by atoms with Gasteiger partial charge in [-0.15, -0.1) is 0 Å². The van der Waals surface area contributed by atoms with E-state index in [9.17, 15) is 14.9 Å². The number of nitro groups is 1. The van der Waals surface area contributed by atoms with Crippen LogP contribution in [0, 0.1) is 24.0 Å². The molecule has 7 nitrogen and oxygen atoms in total. The summed E-state index contributed by atoms with van der Waals surface area (Å²) in [4.78, 5) is 22.3. The molecule has 0 aliphatic carbocycles.